The first-order valence-electron chi connectivity index (χ1n) is 7.75. The van der Waals surface area contributed by atoms with E-state index in [0.29, 0.717) is 0 Å². The average Bonchev–Trinajstić information content (AvgIpc) is 2.94. The Hall–Kier alpha value is -1.81. The second kappa shape index (κ2) is 6.31. The van der Waals surface area contributed by atoms with Crippen molar-refractivity contribution in [1.82, 2.24) is 14.9 Å². The smallest absolute Gasteiger partial charge is 0.127 e. The van der Waals surface area contributed by atoms with Gasteiger partial charge in [0.05, 0.1) is 30.9 Å². The van der Waals surface area contributed by atoms with Crippen LogP contribution in [0.25, 0.3) is 0 Å². The molecule has 4 nitrogen and oxygen atoms in total. The van der Waals surface area contributed by atoms with Crippen LogP contribution in [0.1, 0.15) is 42.6 Å². The number of imidazole rings is 1. The van der Waals surface area contributed by atoms with Crippen LogP contribution in [-0.4, -0.2) is 22.7 Å². The molecule has 1 aromatic carbocycles. The van der Waals surface area contributed by atoms with Gasteiger partial charge in [0.25, 0.3) is 0 Å². The molecule has 0 aliphatic carbocycles. The molecule has 1 atom stereocenters. The summed E-state index contributed by atoms with van der Waals surface area (Å²) in [5.74, 6) is 1.07. The molecule has 1 aromatic heterocycles. The second-order valence-electron chi connectivity index (χ2n) is 5.60. The van der Waals surface area contributed by atoms with E-state index in [-0.39, 0.29) is 6.04 Å². The van der Waals surface area contributed by atoms with Crippen LogP contribution in [0, 0.1) is 0 Å². The lowest BCUT2D eigenvalue weighted by atomic mass is 9.96. The number of para-hydroxylation sites is 1. The Balaban J connectivity index is 2.02. The molecular weight excluding hydrogens is 262 g/mol. The van der Waals surface area contributed by atoms with Crippen molar-refractivity contribution in [3.05, 3.63) is 47.5 Å². The summed E-state index contributed by atoms with van der Waals surface area (Å²) in [5.41, 5.74) is 3.72. The highest BCUT2D eigenvalue weighted by atomic mass is 16.5. The van der Waals surface area contributed by atoms with Crippen LogP contribution in [0.5, 0.6) is 5.75 Å². The Morgan fingerprint density at radius 1 is 1.43 bits per heavy atom. The van der Waals surface area contributed by atoms with Gasteiger partial charge in [-0.1, -0.05) is 25.1 Å². The molecule has 2 aromatic rings. The van der Waals surface area contributed by atoms with E-state index < -0.39 is 0 Å². The van der Waals surface area contributed by atoms with Crippen molar-refractivity contribution in [3.8, 4) is 5.75 Å². The first-order valence-corrected chi connectivity index (χ1v) is 7.75. The van der Waals surface area contributed by atoms with Gasteiger partial charge >= 0.3 is 0 Å². The largest absolute Gasteiger partial charge is 0.493 e. The van der Waals surface area contributed by atoms with Crippen LogP contribution in [0.15, 0.2) is 30.7 Å². The standard InChI is InChI=1S/C17H23N3O/c1-3-9-19-16(15-11-18-12-20(15)2)14-8-4-6-13-7-5-10-21-17(13)14/h4,6,8,11-12,16,19H,3,5,7,9-10H2,1-2H3. The number of rotatable bonds is 5. The van der Waals surface area contributed by atoms with Crippen molar-refractivity contribution in [2.75, 3.05) is 13.2 Å². The van der Waals surface area contributed by atoms with Gasteiger partial charge in [0.1, 0.15) is 5.75 Å². The van der Waals surface area contributed by atoms with Crippen LogP contribution in [0.2, 0.25) is 0 Å². The molecule has 1 aliphatic rings. The maximum absolute atomic E-state index is 5.98. The van der Waals surface area contributed by atoms with E-state index in [2.05, 4.69) is 40.0 Å². The van der Waals surface area contributed by atoms with E-state index in [4.69, 9.17) is 4.74 Å². The molecule has 0 spiro atoms. The van der Waals surface area contributed by atoms with E-state index in [0.717, 1.165) is 38.2 Å². The quantitative estimate of drug-likeness (QED) is 0.918. The second-order valence-corrected chi connectivity index (χ2v) is 5.60. The van der Waals surface area contributed by atoms with Gasteiger partial charge in [0, 0.05) is 12.6 Å². The SMILES string of the molecule is CCCNC(c1cccc2c1OCCC2)c1cncn1C. The molecule has 1 unspecified atom stereocenters. The van der Waals surface area contributed by atoms with Crippen molar-refractivity contribution in [2.45, 2.75) is 32.2 Å². The zero-order valence-corrected chi connectivity index (χ0v) is 12.8. The molecule has 0 fully saturated rings. The fourth-order valence-electron chi connectivity index (χ4n) is 2.95. The molecule has 4 heteroatoms. The van der Waals surface area contributed by atoms with Crippen LogP contribution < -0.4 is 10.1 Å². The highest BCUT2D eigenvalue weighted by Crippen LogP contribution is 2.35. The Kier molecular flexibility index (Phi) is 4.25. The number of aromatic nitrogens is 2. The molecule has 112 valence electrons. The van der Waals surface area contributed by atoms with Crippen LogP contribution in [-0.2, 0) is 13.5 Å². The summed E-state index contributed by atoms with van der Waals surface area (Å²) in [5, 5.41) is 3.64. The fraction of sp³-hybridized carbons (Fsp3) is 0.471. The van der Waals surface area contributed by atoms with Crippen LogP contribution in [0.4, 0.5) is 0 Å². The van der Waals surface area contributed by atoms with Gasteiger partial charge in [-0.2, -0.15) is 0 Å². The van der Waals surface area contributed by atoms with Crippen molar-refractivity contribution < 1.29 is 4.74 Å². The number of ether oxygens (including phenoxy) is 1. The Bertz CT molecular complexity index is 606. The predicted molar refractivity (Wildman–Crippen MR) is 83.6 cm³/mol. The number of benzene rings is 1. The van der Waals surface area contributed by atoms with Gasteiger partial charge in [-0.3, -0.25) is 0 Å². The maximum Gasteiger partial charge on any atom is 0.127 e. The number of hydrogen-bond donors (Lipinski definition) is 1. The van der Waals surface area contributed by atoms with Gasteiger partial charge in [-0.15, -0.1) is 0 Å². The van der Waals surface area contributed by atoms with E-state index in [1.165, 1.54) is 16.8 Å². The van der Waals surface area contributed by atoms with Crippen molar-refractivity contribution in [2.24, 2.45) is 7.05 Å². The van der Waals surface area contributed by atoms with Gasteiger partial charge < -0.3 is 14.6 Å². The van der Waals surface area contributed by atoms with E-state index in [1.807, 2.05) is 19.6 Å². The molecule has 0 amide bonds. The third-order valence-corrected chi connectivity index (χ3v) is 4.02. The van der Waals surface area contributed by atoms with Gasteiger partial charge in [0.15, 0.2) is 0 Å². The summed E-state index contributed by atoms with van der Waals surface area (Å²) >= 11 is 0. The Morgan fingerprint density at radius 3 is 3.10 bits per heavy atom. The summed E-state index contributed by atoms with van der Waals surface area (Å²) in [6.45, 7) is 3.97. The molecular formula is C17H23N3O. The average molecular weight is 285 g/mol. The monoisotopic (exact) mass is 285 g/mol. The summed E-state index contributed by atoms with van der Waals surface area (Å²) in [6.07, 6.45) is 7.11. The van der Waals surface area contributed by atoms with Gasteiger partial charge in [-0.05, 0) is 31.4 Å². The molecule has 1 N–H and O–H groups in total. The first-order chi connectivity index (χ1) is 10.3. The fourth-order valence-corrected chi connectivity index (χ4v) is 2.95. The van der Waals surface area contributed by atoms with E-state index >= 15 is 0 Å². The molecule has 3 rings (SSSR count). The minimum absolute atomic E-state index is 0.130. The van der Waals surface area contributed by atoms with Crippen LogP contribution in [0.3, 0.4) is 0 Å². The van der Waals surface area contributed by atoms with Gasteiger partial charge in [0.2, 0.25) is 0 Å². The third-order valence-electron chi connectivity index (χ3n) is 4.02. The number of hydrogen-bond acceptors (Lipinski definition) is 3. The van der Waals surface area contributed by atoms with Crippen molar-refractivity contribution in [3.63, 3.8) is 0 Å². The van der Waals surface area contributed by atoms with Crippen LogP contribution >= 0.6 is 0 Å². The molecule has 0 bridgehead atoms. The molecule has 0 radical (unpaired) electrons. The normalized spacial score (nSPS) is 15.3. The number of nitrogens with zero attached hydrogens (tertiary/aromatic N) is 2. The lowest BCUT2D eigenvalue weighted by Gasteiger charge is -2.26. The lowest BCUT2D eigenvalue weighted by Crippen LogP contribution is -2.26. The maximum atomic E-state index is 5.98. The molecule has 1 aliphatic heterocycles. The Labute approximate surface area is 126 Å². The number of nitrogens with one attached hydrogen (secondary N) is 1. The minimum atomic E-state index is 0.130. The third kappa shape index (κ3) is 2.81. The predicted octanol–water partition coefficient (Wildman–Crippen LogP) is 2.83. The molecule has 21 heavy (non-hydrogen) atoms. The minimum Gasteiger partial charge on any atom is -0.493 e. The highest BCUT2D eigenvalue weighted by molar-refractivity contribution is 5.46. The highest BCUT2D eigenvalue weighted by Gasteiger charge is 2.23. The van der Waals surface area contributed by atoms with Gasteiger partial charge in [-0.25, -0.2) is 4.98 Å². The molecule has 0 saturated carbocycles. The van der Waals surface area contributed by atoms with E-state index in [1.54, 1.807) is 0 Å². The molecule has 0 saturated heterocycles. The molecule has 2 heterocycles. The number of aryl methyl sites for hydroxylation is 2. The zero-order valence-electron chi connectivity index (χ0n) is 12.8. The first kappa shape index (κ1) is 14.1. The summed E-state index contributed by atoms with van der Waals surface area (Å²) in [6, 6.07) is 6.62. The summed E-state index contributed by atoms with van der Waals surface area (Å²) < 4.78 is 8.06. The summed E-state index contributed by atoms with van der Waals surface area (Å²) in [4.78, 5) is 4.27. The number of fused-ring (bicyclic) bond motifs is 1. The lowest BCUT2D eigenvalue weighted by molar-refractivity contribution is 0.282. The summed E-state index contributed by atoms with van der Waals surface area (Å²) in [7, 11) is 2.04. The van der Waals surface area contributed by atoms with Crippen molar-refractivity contribution >= 4 is 0 Å². The Morgan fingerprint density at radius 2 is 2.33 bits per heavy atom. The topological polar surface area (TPSA) is 39.1 Å². The van der Waals surface area contributed by atoms with Crippen molar-refractivity contribution in [1.29, 1.82) is 0 Å². The van der Waals surface area contributed by atoms with E-state index in [9.17, 15) is 0 Å². The zero-order chi connectivity index (χ0) is 14.7.